The normalized spacial score (nSPS) is 14.5. The summed E-state index contributed by atoms with van der Waals surface area (Å²) in [6, 6.07) is 11.4. The van der Waals surface area contributed by atoms with Gasteiger partial charge in [-0.25, -0.2) is 4.39 Å². The molecule has 0 bridgehead atoms. The highest BCUT2D eigenvalue weighted by Gasteiger charge is 2.22. The Balaban J connectivity index is 1.66. The lowest BCUT2D eigenvalue weighted by Gasteiger charge is -2.17. The van der Waals surface area contributed by atoms with E-state index in [2.05, 4.69) is 5.32 Å². The summed E-state index contributed by atoms with van der Waals surface area (Å²) in [4.78, 5) is 23.5. The molecule has 2 aromatic carbocycles. The third-order valence-electron chi connectivity index (χ3n) is 4.26. The summed E-state index contributed by atoms with van der Waals surface area (Å²) in [5.74, 6) is -0.520. The Morgan fingerprint density at radius 2 is 1.77 bits per heavy atom. The van der Waals surface area contributed by atoms with E-state index in [9.17, 15) is 14.0 Å². The first-order valence-corrected chi connectivity index (χ1v) is 8.52. The second-order valence-electron chi connectivity index (χ2n) is 6.45. The number of benzene rings is 2. The number of carbonyl (C=O) groups is 2. The molecule has 0 heterocycles. The molecule has 136 valence electrons. The molecule has 2 N–H and O–H groups in total. The average Bonchev–Trinajstić information content (AvgIpc) is 3.44. The molecule has 1 aliphatic carbocycles. The van der Waals surface area contributed by atoms with Crippen LogP contribution in [0.2, 0.25) is 0 Å². The van der Waals surface area contributed by atoms with Gasteiger partial charge in [-0.05, 0) is 60.7 Å². The number of amides is 1. The number of rotatable bonds is 8. The van der Waals surface area contributed by atoms with Crippen LogP contribution in [0.3, 0.4) is 0 Å². The van der Waals surface area contributed by atoms with E-state index in [1.165, 1.54) is 37.1 Å². The maximum Gasteiger partial charge on any atom is 0.305 e. The van der Waals surface area contributed by atoms with Crippen LogP contribution in [0.1, 0.15) is 41.2 Å². The van der Waals surface area contributed by atoms with Gasteiger partial charge >= 0.3 is 5.97 Å². The molecule has 3 rings (SSSR count). The summed E-state index contributed by atoms with van der Waals surface area (Å²) in [6.07, 6.45) is 2.11. The highest BCUT2D eigenvalue weighted by Crippen LogP contribution is 2.29. The highest BCUT2D eigenvalue weighted by molar-refractivity contribution is 5.94. The Morgan fingerprint density at radius 1 is 1.12 bits per heavy atom. The molecule has 0 spiro atoms. The first kappa shape index (κ1) is 17.9. The number of aliphatic carboxylic acids is 1. The lowest BCUT2D eigenvalue weighted by molar-refractivity contribution is -0.137. The minimum atomic E-state index is -1.05. The van der Waals surface area contributed by atoms with Crippen molar-refractivity contribution in [1.29, 1.82) is 0 Å². The van der Waals surface area contributed by atoms with Crippen LogP contribution in [0.15, 0.2) is 48.5 Å². The molecule has 1 amide bonds. The zero-order valence-electron chi connectivity index (χ0n) is 14.2. The summed E-state index contributed by atoms with van der Waals surface area (Å²) in [7, 11) is 0. The molecule has 6 heteroatoms. The first-order valence-electron chi connectivity index (χ1n) is 8.52. The Labute approximate surface area is 150 Å². The van der Waals surface area contributed by atoms with Gasteiger partial charge in [0, 0.05) is 5.56 Å². The van der Waals surface area contributed by atoms with Crippen LogP contribution in [0.5, 0.6) is 5.75 Å². The van der Waals surface area contributed by atoms with Crippen molar-refractivity contribution in [3.63, 3.8) is 0 Å². The van der Waals surface area contributed by atoms with Gasteiger partial charge in [0.1, 0.15) is 11.6 Å². The highest BCUT2D eigenvalue weighted by atomic mass is 19.1. The van der Waals surface area contributed by atoms with Crippen LogP contribution >= 0.6 is 0 Å². The van der Waals surface area contributed by atoms with E-state index < -0.39 is 23.7 Å². The second kappa shape index (κ2) is 7.99. The molecule has 1 unspecified atom stereocenters. The van der Waals surface area contributed by atoms with Gasteiger partial charge in [0.2, 0.25) is 0 Å². The predicted octanol–water partition coefficient (Wildman–Crippen LogP) is 3.56. The molecule has 0 aliphatic heterocycles. The van der Waals surface area contributed by atoms with Crippen molar-refractivity contribution >= 4 is 11.9 Å². The average molecular weight is 357 g/mol. The predicted molar refractivity (Wildman–Crippen MR) is 93.5 cm³/mol. The van der Waals surface area contributed by atoms with Crippen LogP contribution in [0.25, 0.3) is 0 Å². The van der Waals surface area contributed by atoms with Crippen molar-refractivity contribution in [2.24, 2.45) is 5.92 Å². The summed E-state index contributed by atoms with van der Waals surface area (Å²) in [5, 5.41) is 11.8. The summed E-state index contributed by atoms with van der Waals surface area (Å²) >= 11 is 0. The zero-order valence-corrected chi connectivity index (χ0v) is 14.2. The maximum atomic E-state index is 13.1. The summed E-state index contributed by atoms with van der Waals surface area (Å²) < 4.78 is 18.7. The molecule has 26 heavy (non-hydrogen) atoms. The third kappa shape index (κ3) is 5.05. The fourth-order valence-electron chi connectivity index (χ4n) is 2.56. The third-order valence-corrected chi connectivity index (χ3v) is 4.26. The standard InChI is InChI=1S/C20H20FNO4/c21-16-7-3-14(4-8-16)18(11-19(23)24)22-20(25)15-5-9-17(10-6-15)26-12-13-1-2-13/h3-10,13,18H,1-2,11-12H2,(H,22,25)(H,23,24). The van der Waals surface area contributed by atoms with Crippen molar-refractivity contribution in [3.8, 4) is 5.75 Å². The molecule has 2 aromatic rings. The quantitative estimate of drug-likeness (QED) is 0.757. The molecular weight excluding hydrogens is 337 g/mol. The zero-order chi connectivity index (χ0) is 18.5. The second-order valence-corrected chi connectivity index (χ2v) is 6.45. The molecule has 1 fully saturated rings. The van der Waals surface area contributed by atoms with Crippen molar-refractivity contribution in [2.45, 2.75) is 25.3 Å². The molecule has 0 aromatic heterocycles. The number of hydrogen-bond donors (Lipinski definition) is 2. The molecular formula is C20H20FNO4. The Morgan fingerprint density at radius 3 is 2.35 bits per heavy atom. The van der Waals surface area contributed by atoms with Gasteiger partial charge < -0.3 is 15.2 Å². The SMILES string of the molecule is O=C(O)CC(NC(=O)c1ccc(OCC2CC2)cc1)c1ccc(F)cc1. The van der Waals surface area contributed by atoms with Gasteiger partial charge in [0.05, 0.1) is 19.1 Å². The molecule has 0 radical (unpaired) electrons. The van der Waals surface area contributed by atoms with Gasteiger partial charge in [0.25, 0.3) is 5.91 Å². The Bertz CT molecular complexity index is 769. The van der Waals surface area contributed by atoms with E-state index in [1.807, 2.05) is 0 Å². The molecule has 5 nitrogen and oxygen atoms in total. The maximum absolute atomic E-state index is 13.1. The Hall–Kier alpha value is -2.89. The van der Waals surface area contributed by atoms with Crippen LogP contribution in [-0.2, 0) is 4.79 Å². The van der Waals surface area contributed by atoms with Crippen molar-refractivity contribution in [1.82, 2.24) is 5.32 Å². The fourth-order valence-corrected chi connectivity index (χ4v) is 2.56. The number of carbonyl (C=O) groups excluding carboxylic acids is 1. The van der Waals surface area contributed by atoms with Gasteiger partial charge in [-0.1, -0.05) is 12.1 Å². The number of carboxylic acid groups (broad SMARTS) is 1. The first-order chi connectivity index (χ1) is 12.5. The number of carboxylic acids is 1. The topological polar surface area (TPSA) is 75.6 Å². The molecule has 1 aliphatic rings. The van der Waals surface area contributed by atoms with Gasteiger partial charge in [-0.3, -0.25) is 9.59 Å². The van der Waals surface area contributed by atoms with Crippen molar-refractivity contribution < 1.29 is 23.8 Å². The van der Waals surface area contributed by atoms with Gasteiger partial charge in [0.15, 0.2) is 0 Å². The molecule has 1 saturated carbocycles. The number of halogens is 1. The van der Waals surface area contributed by atoms with Crippen molar-refractivity contribution in [3.05, 3.63) is 65.5 Å². The lowest BCUT2D eigenvalue weighted by Crippen LogP contribution is -2.30. The largest absolute Gasteiger partial charge is 0.493 e. The van der Waals surface area contributed by atoms with Crippen LogP contribution < -0.4 is 10.1 Å². The lowest BCUT2D eigenvalue weighted by atomic mass is 10.0. The van der Waals surface area contributed by atoms with E-state index in [4.69, 9.17) is 9.84 Å². The van der Waals surface area contributed by atoms with E-state index >= 15 is 0 Å². The minimum Gasteiger partial charge on any atom is -0.493 e. The van der Waals surface area contributed by atoms with Gasteiger partial charge in [-0.15, -0.1) is 0 Å². The minimum absolute atomic E-state index is 0.292. The summed E-state index contributed by atoms with van der Waals surface area (Å²) in [6.45, 7) is 0.691. The van der Waals surface area contributed by atoms with E-state index in [0.717, 1.165) is 0 Å². The number of nitrogens with one attached hydrogen (secondary N) is 1. The molecule has 0 saturated heterocycles. The van der Waals surface area contributed by atoms with E-state index in [-0.39, 0.29) is 6.42 Å². The van der Waals surface area contributed by atoms with Crippen LogP contribution in [0, 0.1) is 11.7 Å². The number of ether oxygens (including phenoxy) is 1. The molecule has 1 atom stereocenters. The smallest absolute Gasteiger partial charge is 0.305 e. The van der Waals surface area contributed by atoms with E-state index in [0.29, 0.717) is 29.4 Å². The fraction of sp³-hybridized carbons (Fsp3) is 0.300. The Kier molecular flexibility index (Phi) is 5.51. The van der Waals surface area contributed by atoms with Gasteiger partial charge in [-0.2, -0.15) is 0 Å². The van der Waals surface area contributed by atoms with Crippen LogP contribution in [-0.4, -0.2) is 23.6 Å². The monoisotopic (exact) mass is 357 g/mol. The van der Waals surface area contributed by atoms with Crippen molar-refractivity contribution in [2.75, 3.05) is 6.61 Å². The van der Waals surface area contributed by atoms with Crippen LogP contribution in [0.4, 0.5) is 4.39 Å². The van der Waals surface area contributed by atoms with E-state index in [1.54, 1.807) is 24.3 Å². The summed E-state index contributed by atoms with van der Waals surface area (Å²) in [5.41, 5.74) is 0.938. The number of hydrogen-bond acceptors (Lipinski definition) is 3.